The Labute approximate surface area is 199 Å². The Morgan fingerprint density at radius 2 is 1.88 bits per heavy atom. The van der Waals surface area contributed by atoms with E-state index in [1.807, 2.05) is 31.2 Å². The van der Waals surface area contributed by atoms with Gasteiger partial charge in [-0.1, -0.05) is 35.9 Å². The van der Waals surface area contributed by atoms with Crippen molar-refractivity contribution in [1.82, 2.24) is 15.4 Å². The third-order valence-electron chi connectivity index (χ3n) is 5.75. The number of aliphatic hydroxyl groups is 1. The predicted molar refractivity (Wildman–Crippen MR) is 136 cm³/mol. The van der Waals surface area contributed by atoms with E-state index in [0.717, 1.165) is 40.2 Å². The SMILES string of the molecule is C=Nc1ccc(-c2cnc(C(C)(C)O)nc2)cc1/C(NN1c2ccccc2CC1C)=C(\C)Cl. The molecule has 0 saturated heterocycles. The highest BCUT2D eigenvalue weighted by Crippen LogP contribution is 2.36. The average Bonchev–Trinajstić information content (AvgIpc) is 3.11. The van der Waals surface area contributed by atoms with Crippen LogP contribution in [-0.2, 0) is 12.0 Å². The normalized spacial score (nSPS) is 16.3. The molecule has 1 unspecified atom stereocenters. The van der Waals surface area contributed by atoms with Crippen LogP contribution >= 0.6 is 11.6 Å². The van der Waals surface area contributed by atoms with E-state index >= 15 is 0 Å². The molecule has 1 aromatic heterocycles. The maximum absolute atomic E-state index is 10.1. The number of hydrazine groups is 1. The molecule has 2 N–H and O–H groups in total. The number of fused-ring (bicyclic) bond motifs is 1. The molecule has 3 aromatic rings. The molecule has 0 bridgehead atoms. The summed E-state index contributed by atoms with van der Waals surface area (Å²) in [7, 11) is 0. The second kappa shape index (κ2) is 8.96. The molecule has 0 saturated carbocycles. The van der Waals surface area contributed by atoms with Crippen LogP contribution in [0, 0.1) is 0 Å². The Kier molecular flexibility index (Phi) is 6.23. The summed E-state index contributed by atoms with van der Waals surface area (Å²) in [6, 6.07) is 14.5. The molecule has 2 aromatic carbocycles. The summed E-state index contributed by atoms with van der Waals surface area (Å²) < 4.78 is 0. The van der Waals surface area contributed by atoms with Crippen LogP contribution in [0.5, 0.6) is 0 Å². The molecule has 170 valence electrons. The van der Waals surface area contributed by atoms with Gasteiger partial charge >= 0.3 is 0 Å². The second-order valence-corrected chi connectivity index (χ2v) is 9.38. The molecule has 1 aliphatic heterocycles. The monoisotopic (exact) mass is 461 g/mol. The van der Waals surface area contributed by atoms with Gasteiger partial charge in [-0.15, -0.1) is 0 Å². The standard InChI is InChI=1S/C26H28ClN5O/c1-16-12-19-8-6-7-9-23(19)32(16)31-24(17(2)27)21-13-18(10-11-22(21)28-5)20-14-29-25(30-15-20)26(3,4)33/h6-11,13-16,31,33H,5,12H2,1-4H3/b24-17-. The first-order valence-electron chi connectivity index (χ1n) is 10.9. The van der Waals surface area contributed by atoms with Gasteiger partial charge in [0.15, 0.2) is 5.82 Å². The number of halogens is 1. The fraction of sp³-hybridized carbons (Fsp3) is 0.269. The van der Waals surface area contributed by atoms with Gasteiger partial charge in [-0.05, 0) is 70.2 Å². The molecule has 0 radical (unpaired) electrons. The lowest BCUT2D eigenvalue weighted by Crippen LogP contribution is -2.41. The quantitative estimate of drug-likeness (QED) is 0.468. The zero-order valence-corrected chi connectivity index (χ0v) is 20.1. The highest BCUT2D eigenvalue weighted by Gasteiger charge is 2.27. The molecule has 0 aliphatic carbocycles. The molecule has 1 atom stereocenters. The van der Waals surface area contributed by atoms with Crippen molar-refractivity contribution in [3.8, 4) is 11.1 Å². The zero-order valence-electron chi connectivity index (χ0n) is 19.3. The summed E-state index contributed by atoms with van der Waals surface area (Å²) in [5.41, 5.74) is 8.93. The van der Waals surface area contributed by atoms with E-state index in [2.05, 4.69) is 57.2 Å². The van der Waals surface area contributed by atoms with Gasteiger partial charge in [-0.2, -0.15) is 0 Å². The molecule has 0 spiro atoms. The molecule has 0 amide bonds. The van der Waals surface area contributed by atoms with Crippen LogP contribution in [0.2, 0.25) is 0 Å². The van der Waals surface area contributed by atoms with Crippen LogP contribution < -0.4 is 10.4 Å². The number of hydrogen-bond donors (Lipinski definition) is 2. The molecule has 4 rings (SSSR count). The lowest BCUT2D eigenvalue weighted by atomic mass is 10.0. The van der Waals surface area contributed by atoms with E-state index in [9.17, 15) is 5.11 Å². The van der Waals surface area contributed by atoms with E-state index in [1.165, 1.54) is 5.56 Å². The Morgan fingerprint density at radius 1 is 1.18 bits per heavy atom. The van der Waals surface area contributed by atoms with E-state index in [1.54, 1.807) is 26.2 Å². The van der Waals surface area contributed by atoms with Gasteiger partial charge in [-0.25, -0.2) is 9.97 Å². The number of nitrogens with one attached hydrogen (secondary N) is 1. The van der Waals surface area contributed by atoms with Crippen LogP contribution in [0.25, 0.3) is 16.8 Å². The highest BCUT2D eigenvalue weighted by molar-refractivity contribution is 6.32. The van der Waals surface area contributed by atoms with Crippen molar-refractivity contribution in [2.75, 3.05) is 5.01 Å². The summed E-state index contributed by atoms with van der Waals surface area (Å²) in [6.07, 6.45) is 4.38. The number of benzene rings is 2. The van der Waals surface area contributed by atoms with Gasteiger partial charge in [0, 0.05) is 28.6 Å². The summed E-state index contributed by atoms with van der Waals surface area (Å²) in [5, 5.41) is 12.9. The molecule has 0 fully saturated rings. The van der Waals surface area contributed by atoms with Crippen LogP contribution in [0.3, 0.4) is 0 Å². The van der Waals surface area contributed by atoms with Crippen molar-refractivity contribution < 1.29 is 5.11 Å². The van der Waals surface area contributed by atoms with Gasteiger partial charge in [0.25, 0.3) is 0 Å². The van der Waals surface area contributed by atoms with E-state index in [0.29, 0.717) is 10.9 Å². The predicted octanol–water partition coefficient (Wildman–Crippen LogP) is 5.59. The fourth-order valence-corrected chi connectivity index (χ4v) is 4.17. The second-order valence-electron chi connectivity index (χ2n) is 8.82. The van der Waals surface area contributed by atoms with Crippen molar-refractivity contribution >= 4 is 35.4 Å². The minimum Gasteiger partial charge on any atom is -0.382 e. The largest absolute Gasteiger partial charge is 0.382 e. The Balaban J connectivity index is 1.73. The van der Waals surface area contributed by atoms with E-state index in [-0.39, 0.29) is 6.04 Å². The maximum atomic E-state index is 10.1. The van der Waals surface area contributed by atoms with Crippen LogP contribution in [0.15, 0.2) is 64.9 Å². The minimum absolute atomic E-state index is 0.263. The summed E-state index contributed by atoms with van der Waals surface area (Å²) in [6.45, 7) is 11.1. The molecule has 7 heteroatoms. The Hall–Kier alpha value is -3.22. The number of nitrogens with zero attached hydrogens (tertiary/aromatic N) is 4. The highest BCUT2D eigenvalue weighted by atomic mass is 35.5. The zero-order chi connectivity index (χ0) is 23.8. The minimum atomic E-state index is -1.10. The Morgan fingerprint density at radius 3 is 2.52 bits per heavy atom. The fourth-order valence-electron chi connectivity index (χ4n) is 4.03. The first-order valence-corrected chi connectivity index (χ1v) is 11.2. The van der Waals surface area contributed by atoms with E-state index in [4.69, 9.17) is 11.6 Å². The van der Waals surface area contributed by atoms with Crippen LogP contribution in [0.1, 0.15) is 44.6 Å². The first kappa shape index (κ1) is 23.0. The average molecular weight is 462 g/mol. The molecular formula is C26H28ClN5O. The number of hydrogen-bond acceptors (Lipinski definition) is 6. The van der Waals surface area contributed by atoms with Crippen molar-refractivity contribution in [2.45, 2.75) is 45.8 Å². The third-order valence-corrected chi connectivity index (χ3v) is 5.94. The lowest BCUT2D eigenvalue weighted by molar-refractivity contribution is 0.0687. The molecule has 33 heavy (non-hydrogen) atoms. The maximum Gasteiger partial charge on any atom is 0.159 e. The van der Waals surface area contributed by atoms with Gasteiger partial charge in [0.2, 0.25) is 0 Å². The number of aromatic nitrogens is 2. The van der Waals surface area contributed by atoms with Crippen LogP contribution in [0.4, 0.5) is 11.4 Å². The van der Waals surface area contributed by atoms with Gasteiger partial charge < -0.3 is 5.11 Å². The summed E-state index contributed by atoms with van der Waals surface area (Å²) in [4.78, 5) is 12.9. The van der Waals surface area contributed by atoms with Crippen molar-refractivity contribution in [1.29, 1.82) is 0 Å². The number of para-hydroxylation sites is 1. The van der Waals surface area contributed by atoms with E-state index < -0.39 is 5.60 Å². The third kappa shape index (κ3) is 4.63. The Bertz CT molecular complexity index is 1210. The topological polar surface area (TPSA) is 73.6 Å². The molecular weight excluding hydrogens is 434 g/mol. The first-order chi connectivity index (χ1) is 15.7. The molecule has 1 aliphatic rings. The molecule has 2 heterocycles. The number of aliphatic imine (C=N–C) groups is 1. The van der Waals surface area contributed by atoms with Crippen LogP contribution in [-0.4, -0.2) is 27.8 Å². The van der Waals surface area contributed by atoms with Crippen molar-refractivity contribution in [3.63, 3.8) is 0 Å². The van der Waals surface area contributed by atoms with Gasteiger partial charge in [0.1, 0.15) is 5.60 Å². The number of allylic oxidation sites excluding steroid dienone is 1. The molecule has 6 nitrogen and oxygen atoms in total. The van der Waals surface area contributed by atoms with Gasteiger partial charge in [0.05, 0.1) is 23.1 Å². The number of anilines is 1. The summed E-state index contributed by atoms with van der Waals surface area (Å²) in [5.74, 6) is 0.372. The number of rotatable bonds is 6. The van der Waals surface area contributed by atoms with Gasteiger partial charge in [-0.3, -0.25) is 15.4 Å². The van der Waals surface area contributed by atoms with Crippen molar-refractivity contribution in [3.05, 3.63) is 76.8 Å². The van der Waals surface area contributed by atoms with Crippen molar-refractivity contribution in [2.24, 2.45) is 4.99 Å². The smallest absolute Gasteiger partial charge is 0.159 e. The summed E-state index contributed by atoms with van der Waals surface area (Å²) >= 11 is 6.61. The lowest BCUT2D eigenvalue weighted by Gasteiger charge is -2.29.